The van der Waals surface area contributed by atoms with Crippen LogP contribution in [0.3, 0.4) is 0 Å². The van der Waals surface area contributed by atoms with Crippen molar-refractivity contribution in [2.45, 2.75) is 45.6 Å². The topological polar surface area (TPSA) is 73.1 Å². The van der Waals surface area contributed by atoms with Gasteiger partial charge in [-0.1, -0.05) is 0 Å². The van der Waals surface area contributed by atoms with Crippen LogP contribution in [0, 0.1) is 13.8 Å². The average Bonchev–Trinajstić information content (AvgIpc) is 2.97. The molecular formula is C17H24N4O2. The zero-order valence-corrected chi connectivity index (χ0v) is 13.8. The number of aryl methyl sites for hydroxylation is 3. The van der Waals surface area contributed by atoms with Crippen LogP contribution in [0.15, 0.2) is 12.3 Å². The van der Waals surface area contributed by atoms with Crippen LogP contribution >= 0.6 is 0 Å². The number of aromatic nitrogens is 4. The zero-order chi connectivity index (χ0) is 16.2. The van der Waals surface area contributed by atoms with Gasteiger partial charge >= 0.3 is 0 Å². The van der Waals surface area contributed by atoms with Crippen LogP contribution in [0.2, 0.25) is 0 Å². The molecule has 2 aromatic heterocycles. The minimum Gasteiger partial charge on any atom is -0.396 e. The number of nitrogens with zero attached hydrogens (tertiary/aromatic N) is 4. The first-order valence-corrected chi connectivity index (χ1v) is 8.26. The second-order valence-electron chi connectivity index (χ2n) is 6.12. The molecule has 0 saturated carbocycles. The molecule has 1 saturated heterocycles. The maximum Gasteiger partial charge on any atom is 0.160 e. The van der Waals surface area contributed by atoms with Crippen LogP contribution in [0.5, 0.6) is 0 Å². The van der Waals surface area contributed by atoms with E-state index >= 15 is 0 Å². The van der Waals surface area contributed by atoms with Gasteiger partial charge in [0.25, 0.3) is 0 Å². The summed E-state index contributed by atoms with van der Waals surface area (Å²) in [5.41, 5.74) is 3.16. The molecule has 0 aromatic carbocycles. The molecule has 6 heteroatoms. The first-order valence-electron chi connectivity index (χ1n) is 8.26. The van der Waals surface area contributed by atoms with Crippen molar-refractivity contribution in [2.75, 3.05) is 19.8 Å². The maximum absolute atomic E-state index is 9.15. The standard InChI is InChI=1S/C17H24N4O2/c1-12-10-13(2)18-11-15(12)17-19-16(14-4-8-23-9-5-14)20-21(17)6-3-7-22/h10-11,14,22H,3-9H2,1-2H3. The lowest BCUT2D eigenvalue weighted by atomic mass is 10.00. The lowest BCUT2D eigenvalue weighted by molar-refractivity contribution is 0.0835. The van der Waals surface area contributed by atoms with Gasteiger partial charge in [0.2, 0.25) is 0 Å². The van der Waals surface area contributed by atoms with E-state index in [9.17, 15) is 0 Å². The third-order valence-electron chi connectivity index (χ3n) is 4.29. The van der Waals surface area contributed by atoms with E-state index in [1.807, 2.05) is 17.8 Å². The molecule has 1 aliphatic heterocycles. The third-order valence-corrected chi connectivity index (χ3v) is 4.29. The van der Waals surface area contributed by atoms with E-state index in [0.29, 0.717) is 18.9 Å². The fourth-order valence-electron chi connectivity index (χ4n) is 2.99. The Kier molecular flexibility index (Phi) is 5.03. The molecule has 0 unspecified atom stereocenters. The molecule has 1 aliphatic rings. The largest absolute Gasteiger partial charge is 0.396 e. The number of ether oxygens (including phenoxy) is 1. The molecule has 124 valence electrons. The molecule has 0 radical (unpaired) electrons. The van der Waals surface area contributed by atoms with Crippen LogP contribution in [0.1, 0.15) is 42.3 Å². The molecule has 1 N–H and O–H groups in total. The fourth-order valence-corrected chi connectivity index (χ4v) is 2.99. The average molecular weight is 316 g/mol. The van der Waals surface area contributed by atoms with Crippen molar-refractivity contribution in [1.82, 2.24) is 19.7 Å². The van der Waals surface area contributed by atoms with Crippen LogP contribution < -0.4 is 0 Å². The van der Waals surface area contributed by atoms with Gasteiger partial charge in [-0.15, -0.1) is 0 Å². The van der Waals surface area contributed by atoms with Crippen LogP contribution in [0.25, 0.3) is 11.4 Å². The molecule has 1 fully saturated rings. The van der Waals surface area contributed by atoms with Crippen molar-refractivity contribution in [3.8, 4) is 11.4 Å². The van der Waals surface area contributed by atoms with E-state index in [4.69, 9.17) is 19.9 Å². The summed E-state index contributed by atoms with van der Waals surface area (Å²) in [6.07, 6.45) is 4.48. The third kappa shape index (κ3) is 3.59. The van der Waals surface area contributed by atoms with Gasteiger partial charge < -0.3 is 9.84 Å². The molecule has 0 amide bonds. The summed E-state index contributed by atoms with van der Waals surface area (Å²) < 4.78 is 7.35. The fraction of sp³-hybridized carbons (Fsp3) is 0.588. The number of pyridine rings is 1. The van der Waals surface area contributed by atoms with Gasteiger partial charge in [-0.05, 0) is 44.7 Å². The second-order valence-corrected chi connectivity index (χ2v) is 6.12. The summed E-state index contributed by atoms with van der Waals surface area (Å²) in [5.74, 6) is 2.10. The molecule has 0 bridgehead atoms. The zero-order valence-electron chi connectivity index (χ0n) is 13.8. The summed E-state index contributed by atoms with van der Waals surface area (Å²) in [6.45, 7) is 6.42. The Hall–Kier alpha value is -1.79. The number of aliphatic hydroxyl groups is 1. The first-order chi connectivity index (χ1) is 11.2. The Bertz CT molecular complexity index is 663. The van der Waals surface area contributed by atoms with E-state index < -0.39 is 0 Å². The minimum absolute atomic E-state index is 0.150. The Morgan fingerprint density at radius 1 is 1.30 bits per heavy atom. The van der Waals surface area contributed by atoms with Gasteiger partial charge in [-0.3, -0.25) is 4.98 Å². The predicted octanol–water partition coefficient (Wildman–Crippen LogP) is 2.23. The summed E-state index contributed by atoms with van der Waals surface area (Å²) in [4.78, 5) is 9.23. The molecule has 0 aliphatic carbocycles. The van der Waals surface area contributed by atoms with Crippen molar-refractivity contribution in [1.29, 1.82) is 0 Å². The summed E-state index contributed by atoms with van der Waals surface area (Å²) >= 11 is 0. The Labute approximate surface area is 136 Å². The Balaban J connectivity index is 1.97. The summed E-state index contributed by atoms with van der Waals surface area (Å²) in [7, 11) is 0. The molecule has 23 heavy (non-hydrogen) atoms. The van der Waals surface area contributed by atoms with E-state index in [0.717, 1.165) is 54.5 Å². The van der Waals surface area contributed by atoms with Gasteiger partial charge in [-0.2, -0.15) is 5.10 Å². The van der Waals surface area contributed by atoms with Crippen LogP contribution in [-0.4, -0.2) is 44.7 Å². The highest BCUT2D eigenvalue weighted by atomic mass is 16.5. The van der Waals surface area contributed by atoms with Crippen molar-refractivity contribution in [2.24, 2.45) is 0 Å². The van der Waals surface area contributed by atoms with Crippen molar-refractivity contribution >= 4 is 0 Å². The highest BCUT2D eigenvalue weighted by molar-refractivity contribution is 5.59. The quantitative estimate of drug-likeness (QED) is 0.916. The number of hydrogen-bond donors (Lipinski definition) is 1. The summed E-state index contributed by atoms with van der Waals surface area (Å²) in [6, 6.07) is 2.06. The number of hydrogen-bond acceptors (Lipinski definition) is 5. The SMILES string of the molecule is Cc1cc(C)c(-c2nc(C3CCOCC3)nn2CCCO)cn1. The monoisotopic (exact) mass is 316 g/mol. The van der Waals surface area contributed by atoms with Crippen LogP contribution in [-0.2, 0) is 11.3 Å². The van der Waals surface area contributed by atoms with Gasteiger partial charge in [0.05, 0.1) is 0 Å². The highest BCUT2D eigenvalue weighted by Crippen LogP contribution is 2.28. The lowest BCUT2D eigenvalue weighted by Crippen LogP contribution is -2.15. The van der Waals surface area contributed by atoms with E-state index in [1.54, 1.807) is 0 Å². The number of rotatable bonds is 5. The highest BCUT2D eigenvalue weighted by Gasteiger charge is 2.23. The van der Waals surface area contributed by atoms with Gasteiger partial charge in [0.1, 0.15) is 0 Å². The molecule has 0 atom stereocenters. The molecular weight excluding hydrogens is 292 g/mol. The van der Waals surface area contributed by atoms with E-state index in [1.165, 1.54) is 0 Å². The van der Waals surface area contributed by atoms with Crippen molar-refractivity contribution < 1.29 is 9.84 Å². The number of aliphatic hydroxyl groups excluding tert-OH is 1. The second kappa shape index (κ2) is 7.19. The molecule has 2 aromatic rings. The van der Waals surface area contributed by atoms with Gasteiger partial charge in [0, 0.05) is 49.7 Å². The first kappa shape index (κ1) is 16.1. The van der Waals surface area contributed by atoms with E-state index in [2.05, 4.69) is 18.0 Å². The molecule has 3 heterocycles. The van der Waals surface area contributed by atoms with E-state index in [-0.39, 0.29) is 6.61 Å². The van der Waals surface area contributed by atoms with Crippen molar-refractivity contribution in [3.05, 3.63) is 29.3 Å². The molecule has 3 rings (SSSR count). The molecule has 6 nitrogen and oxygen atoms in total. The normalized spacial score (nSPS) is 16.0. The predicted molar refractivity (Wildman–Crippen MR) is 87.2 cm³/mol. The lowest BCUT2D eigenvalue weighted by Gasteiger charge is -2.18. The summed E-state index contributed by atoms with van der Waals surface area (Å²) in [5, 5.41) is 13.9. The smallest absolute Gasteiger partial charge is 0.160 e. The Morgan fingerprint density at radius 2 is 2.09 bits per heavy atom. The van der Waals surface area contributed by atoms with Gasteiger partial charge in [-0.25, -0.2) is 9.67 Å². The minimum atomic E-state index is 0.150. The van der Waals surface area contributed by atoms with Gasteiger partial charge in [0.15, 0.2) is 11.6 Å². The van der Waals surface area contributed by atoms with Crippen LogP contribution in [0.4, 0.5) is 0 Å². The maximum atomic E-state index is 9.15. The molecule has 0 spiro atoms. The van der Waals surface area contributed by atoms with Crippen molar-refractivity contribution in [3.63, 3.8) is 0 Å². The Morgan fingerprint density at radius 3 is 2.78 bits per heavy atom.